The summed E-state index contributed by atoms with van der Waals surface area (Å²) in [6, 6.07) is 0.164. The van der Waals surface area contributed by atoms with Crippen molar-refractivity contribution in [2.75, 3.05) is 32.8 Å². The van der Waals surface area contributed by atoms with E-state index in [1.165, 1.54) is 0 Å². The molecule has 0 heterocycles. The van der Waals surface area contributed by atoms with E-state index in [0.717, 1.165) is 19.6 Å². The van der Waals surface area contributed by atoms with E-state index in [9.17, 15) is 13.2 Å². The maximum Gasteiger partial charge on any atom is 0.522 e. The third-order valence-corrected chi connectivity index (χ3v) is 2.29. The monoisotopic (exact) mass is 242 g/mol. The van der Waals surface area contributed by atoms with Crippen LogP contribution in [0.25, 0.3) is 0 Å². The number of rotatable bonds is 8. The Morgan fingerprint density at radius 2 is 1.81 bits per heavy atom. The van der Waals surface area contributed by atoms with Gasteiger partial charge in [0.25, 0.3) is 0 Å². The van der Waals surface area contributed by atoms with Gasteiger partial charge in [0.1, 0.15) is 0 Å². The Hall–Kier alpha value is -0.330. The van der Waals surface area contributed by atoms with E-state index >= 15 is 0 Å². The number of nitrogens with zero attached hydrogens (tertiary/aromatic N) is 1. The molecule has 0 rings (SSSR count). The zero-order valence-electron chi connectivity index (χ0n) is 10.1. The molecule has 0 radical (unpaired) electrons. The lowest BCUT2D eigenvalue weighted by atomic mass is 10.3. The molecule has 6 heteroatoms. The lowest BCUT2D eigenvalue weighted by molar-refractivity contribution is -0.323. The van der Waals surface area contributed by atoms with Crippen molar-refractivity contribution in [2.45, 2.75) is 33.2 Å². The van der Waals surface area contributed by atoms with E-state index in [1.807, 2.05) is 6.92 Å². The third-order valence-electron chi connectivity index (χ3n) is 2.29. The second-order valence-electron chi connectivity index (χ2n) is 3.64. The van der Waals surface area contributed by atoms with Crippen LogP contribution in [0.3, 0.4) is 0 Å². The van der Waals surface area contributed by atoms with Crippen molar-refractivity contribution in [3.05, 3.63) is 0 Å². The van der Waals surface area contributed by atoms with Gasteiger partial charge in [0.15, 0.2) is 0 Å². The summed E-state index contributed by atoms with van der Waals surface area (Å²) >= 11 is 0. The first-order chi connectivity index (χ1) is 7.39. The van der Waals surface area contributed by atoms with Crippen LogP contribution in [-0.4, -0.2) is 50.1 Å². The highest BCUT2D eigenvalue weighted by molar-refractivity contribution is 4.65. The molecular formula is C10H21F3N2O. The van der Waals surface area contributed by atoms with Gasteiger partial charge in [-0.3, -0.25) is 4.74 Å². The summed E-state index contributed by atoms with van der Waals surface area (Å²) in [4.78, 5) is 2.21. The summed E-state index contributed by atoms with van der Waals surface area (Å²) in [6.07, 6.45) is -4.52. The molecule has 0 amide bonds. The number of hydrogen-bond acceptors (Lipinski definition) is 3. The lowest BCUT2D eigenvalue weighted by Gasteiger charge is -2.23. The maximum atomic E-state index is 11.6. The largest absolute Gasteiger partial charge is 0.522 e. The van der Waals surface area contributed by atoms with Crippen molar-refractivity contribution in [1.82, 2.24) is 10.2 Å². The molecular weight excluding hydrogens is 221 g/mol. The Bertz CT molecular complexity index is 172. The van der Waals surface area contributed by atoms with E-state index in [-0.39, 0.29) is 19.2 Å². The van der Waals surface area contributed by atoms with Gasteiger partial charge in [-0.05, 0) is 20.0 Å². The molecule has 0 aliphatic rings. The van der Waals surface area contributed by atoms with Gasteiger partial charge in [-0.2, -0.15) is 0 Å². The van der Waals surface area contributed by atoms with Crippen LogP contribution in [-0.2, 0) is 4.74 Å². The molecule has 3 nitrogen and oxygen atoms in total. The molecule has 0 fully saturated rings. The van der Waals surface area contributed by atoms with Crippen molar-refractivity contribution in [3.63, 3.8) is 0 Å². The molecule has 0 aromatic rings. The average Bonchev–Trinajstić information content (AvgIpc) is 2.19. The Morgan fingerprint density at radius 3 is 2.25 bits per heavy atom. The van der Waals surface area contributed by atoms with Gasteiger partial charge in [-0.25, -0.2) is 0 Å². The van der Waals surface area contributed by atoms with E-state index in [0.29, 0.717) is 0 Å². The molecule has 0 saturated heterocycles. The summed E-state index contributed by atoms with van der Waals surface area (Å²) < 4.78 is 38.6. The maximum absolute atomic E-state index is 11.6. The topological polar surface area (TPSA) is 24.5 Å². The van der Waals surface area contributed by atoms with Crippen LogP contribution in [0.4, 0.5) is 13.2 Å². The van der Waals surface area contributed by atoms with Crippen molar-refractivity contribution < 1.29 is 17.9 Å². The van der Waals surface area contributed by atoms with Crippen molar-refractivity contribution >= 4 is 0 Å². The molecule has 0 saturated carbocycles. The first-order valence-electron chi connectivity index (χ1n) is 5.55. The van der Waals surface area contributed by atoms with Gasteiger partial charge in [0, 0.05) is 19.1 Å². The normalized spacial score (nSPS) is 14.4. The van der Waals surface area contributed by atoms with Gasteiger partial charge in [-0.1, -0.05) is 13.8 Å². The van der Waals surface area contributed by atoms with Gasteiger partial charge in [0.2, 0.25) is 0 Å². The molecule has 0 aromatic heterocycles. The molecule has 98 valence electrons. The van der Waals surface area contributed by atoms with Crippen LogP contribution in [0.2, 0.25) is 0 Å². The van der Waals surface area contributed by atoms with Crippen LogP contribution in [0, 0.1) is 0 Å². The quantitative estimate of drug-likeness (QED) is 0.657. The Labute approximate surface area is 94.9 Å². The van der Waals surface area contributed by atoms with Crippen LogP contribution in [0.15, 0.2) is 0 Å². The number of alkyl halides is 3. The van der Waals surface area contributed by atoms with Crippen LogP contribution < -0.4 is 5.32 Å². The van der Waals surface area contributed by atoms with Gasteiger partial charge >= 0.3 is 6.36 Å². The van der Waals surface area contributed by atoms with E-state index in [2.05, 4.69) is 28.8 Å². The second kappa shape index (κ2) is 7.86. The van der Waals surface area contributed by atoms with E-state index in [4.69, 9.17) is 0 Å². The van der Waals surface area contributed by atoms with Crippen LogP contribution in [0.5, 0.6) is 0 Å². The Balaban J connectivity index is 3.54. The summed E-state index contributed by atoms with van der Waals surface area (Å²) in [7, 11) is 0. The first kappa shape index (κ1) is 15.7. The number of ether oxygens (including phenoxy) is 1. The van der Waals surface area contributed by atoms with Gasteiger partial charge < -0.3 is 10.2 Å². The summed E-state index contributed by atoms with van der Waals surface area (Å²) in [5.74, 6) is 0. The van der Waals surface area contributed by atoms with E-state index in [1.54, 1.807) is 0 Å². The standard InChI is InChI=1S/C10H21F3N2O/c1-4-15(5-2)8-9(3)14-6-7-16-10(11,12)13/h9,14H,4-8H2,1-3H3. The minimum absolute atomic E-state index is 0.164. The average molecular weight is 242 g/mol. The molecule has 0 spiro atoms. The number of likely N-dealkylation sites (N-methyl/N-ethyl adjacent to an activating group) is 1. The summed E-state index contributed by atoms with van der Waals surface area (Å²) in [6.45, 7) is 8.66. The van der Waals surface area contributed by atoms with Crippen LogP contribution in [0.1, 0.15) is 20.8 Å². The van der Waals surface area contributed by atoms with Crippen molar-refractivity contribution in [2.24, 2.45) is 0 Å². The van der Waals surface area contributed by atoms with Gasteiger partial charge in [-0.15, -0.1) is 13.2 Å². The highest BCUT2D eigenvalue weighted by Crippen LogP contribution is 2.15. The van der Waals surface area contributed by atoms with Crippen molar-refractivity contribution in [1.29, 1.82) is 0 Å². The zero-order chi connectivity index (χ0) is 12.6. The summed E-state index contributed by atoms with van der Waals surface area (Å²) in [5.41, 5.74) is 0. The molecule has 1 unspecified atom stereocenters. The minimum atomic E-state index is -4.52. The Morgan fingerprint density at radius 1 is 1.25 bits per heavy atom. The molecule has 0 aromatic carbocycles. The summed E-state index contributed by atoms with van der Waals surface area (Å²) in [5, 5.41) is 2.99. The highest BCUT2D eigenvalue weighted by Gasteiger charge is 2.28. The molecule has 0 aliphatic carbocycles. The van der Waals surface area contributed by atoms with Crippen LogP contribution >= 0.6 is 0 Å². The fourth-order valence-corrected chi connectivity index (χ4v) is 1.41. The first-order valence-corrected chi connectivity index (χ1v) is 5.55. The molecule has 1 atom stereocenters. The fraction of sp³-hybridized carbons (Fsp3) is 1.00. The minimum Gasteiger partial charge on any atom is -0.311 e. The number of hydrogen-bond donors (Lipinski definition) is 1. The highest BCUT2D eigenvalue weighted by atomic mass is 19.4. The SMILES string of the molecule is CCN(CC)CC(C)NCCOC(F)(F)F. The number of halogens is 3. The zero-order valence-corrected chi connectivity index (χ0v) is 10.1. The lowest BCUT2D eigenvalue weighted by Crippen LogP contribution is -2.40. The van der Waals surface area contributed by atoms with E-state index < -0.39 is 6.36 Å². The van der Waals surface area contributed by atoms with Crippen molar-refractivity contribution in [3.8, 4) is 0 Å². The smallest absolute Gasteiger partial charge is 0.311 e. The fourth-order valence-electron chi connectivity index (χ4n) is 1.41. The Kier molecular flexibility index (Phi) is 7.70. The molecule has 16 heavy (non-hydrogen) atoms. The molecule has 1 N–H and O–H groups in total. The third kappa shape index (κ3) is 8.94. The predicted molar refractivity (Wildman–Crippen MR) is 57.3 cm³/mol. The number of nitrogens with one attached hydrogen (secondary N) is 1. The predicted octanol–water partition coefficient (Wildman–Crippen LogP) is 1.84. The molecule has 0 aliphatic heterocycles. The van der Waals surface area contributed by atoms with Gasteiger partial charge in [0.05, 0.1) is 6.61 Å². The molecule has 0 bridgehead atoms. The second-order valence-corrected chi connectivity index (χ2v) is 3.64.